The minimum atomic E-state index is -1.75. The highest BCUT2D eigenvalue weighted by atomic mass is 16.3. The van der Waals surface area contributed by atoms with E-state index in [1.54, 1.807) is 4.90 Å². The Bertz CT molecular complexity index is 1510. The Morgan fingerprint density at radius 3 is 2.41 bits per heavy atom. The van der Waals surface area contributed by atoms with Crippen LogP contribution in [-0.2, 0) is 16.9 Å². The summed E-state index contributed by atoms with van der Waals surface area (Å²) < 4.78 is 0. The van der Waals surface area contributed by atoms with E-state index in [9.17, 15) is 9.90 Å². The van der Waals surface area contributed by atoms with Gasteiger partial charge in [-0.05, 0) is 35.4 Å². The van der Waals surface area contributed by atoms with E-state index in [2.05, 4.69) is 23.2 Å². The summed E-state index contributed by atoms with van der Waals surface area (Å²) in [6.45, 7) is 2.30. The molecule has 1 atom stereocenters. The molecule has 1 aromatic heterocycles. The van der Waals surface area contributed by atoms with Gasteiger partial charge in [0, 0.05) is 27.7 Å². The molecule has 1 unspecified atom stereocenters. The van der Waals surface area contributed by atoms with Crippen molar-refractivity contribution in [3.63, 3.8) is 0 Å². The molecule has 0 bridgehead atoms. The molecule has 4 heteroatoms. The predicted molar refractivity (Wildman–Crippen MR) is 128 cm³/mol. The van der Waals surface area contributed by atoms with Gasteiger partial charge < -0.3 is 15.0 Å². The normalized spacial score (nSPS) is 17.9. The summed E-state index contributed by atoms with van der Waals surface area (Å²) >= 11 is 0. The molecular weight excluding hydrogens is 396 g/mol. The second-order valence-electron chi connectivity index (χ2n) is 8.43. The lowest BCUT2D eigenvalue weighted by Crippen LogP contribution is -2.41. The Kier molecular flexibility index (Phi) is 4.01. The Morgan fingerprint density at radius 1 is 0.844 bits per heavy atom. The molecule has 2 heterocycles. The van der Waals surface area contributed by atoms with Crippen LogP contribution < -0.4 is 4.90 Å². The third kappa shape index (κ3) is 2.50. The molecule has 1 aliphatic heterocycles. The Labute approximate surface area is 185 Å². The van der Waals surface area contributed by atoms with Crippen molar-refractivity contribution in [1.82, 2.24) is 4.98 Å². The number of hydrogen-bond donors (Lipinski definition) is 2. The number of aryl methyl sites for hydroxylation is 1. The minimum absolute atomic E-state index is 0.320. The smallest absolute Gasteiger partial charge is 0.268 e. The number of aromatic nitrogens is 1. The van der Waals surface area contributed by atoms with E-state index >= 15 is 0 Å². The van der Waals surface area contributed by atoms with E-state index in [4.69, 9.17) is 0 Å². The first-order chi connectivity index (χ1) is 15.6. The number of H-pyrrole nitrogens is 1. The number of para-hydroxylation sites is 2. The molecule has 6 rings (SSSR count). The first-order valence-electron chi connectivity index (χ1n) is 10.8. The molecular formula is C28H22N2O2. The van der Waals surface area contributed by atoms with Gasteiger partial charge in [-0.15, -0.1) is 0 Å². The maximum atomic E-state index is 14.0. The fourth-order valence-corrected chi connectivity index (χ4v) is 5.18. The van der Waals surface area contributed by atoms with Crippen LogP contribution >= 0.6 is 0 Å². The highest BCUT2D eigenvalue weighted by Crippen LogP contribution is 2.48. The number of nitrogens with zero attached hydrogens (tertiary/aromatic N) is 1. The molecule has 156 valence electrons. The van der Waals surface area contributed by atoms with Crippen molar-refractivity contribution in [2.24, 2.45) is 0 Å². The highest BCUT2D eigenvalue weighted by molar-refractivity contribution is 6.11. The Morgan fingerprint density at radius 2 is 1.53 bits per heavy atom. The molecule has 4 aromatic carbocycles. The van der Waals surface area contributed by atoms with Crippen LogP contribution in [0.25, 0.3) is 21.7 Å². The molecule has 0 aliphatic carbocycles. The number of hydrogen-bond acceptors (Lipinski definition) is 2. The number of aliphatic hydroxyl groups is 1. The summed E-state index contributed by atoms with van der Waals surface area (Å²) in [5.41, 5.74) is 3.01. The summed E-state index contributed by atoms with van der Waals surface area (Å²) in [6.07, 6.45) is 0. The van der Waals surface area contributed by atoms with Gasteiger partial charge in [0.25, 0.3) is 5.91 Å². The third-order valence-electron chi connectivity index (χ3n) is 6.60. The number of fused-ring (bicyclic) bond motifs is 3. The quantitative estimate of drug-likeness (QED) is 0.411. The minimum Gasteiger partial charge on any atom is -0.372 e. The first-order valence-corrected chi connectivity index (χ1v) is 10.8. The van der Waals surface area contributed by atoms with Crippen LogP contribution in [0, 0.1) is 6.92 Å². The maximum Gasteiger partial charge on any atom is 0.268 e. The lowest BCUT2D eigenvalue weighted by molar-refractivity contribution is -0.132. The van der Waals surface area contributed by atoms with E-state index < -0.39 is 5.60 Å². The lowest BCUT2D eigenvalue weighted by Gasteiger charge is -2.24. The summed E-state index contributed by atoms with van der Waals surface area (Å²) in [7, 11) is 0. The summed E-state index contributed by atoms with van der Waals surface area (Å²) in [6, 6.07) is 29.7. The van der Waals surface area contributed by atoms with Crippen LogP contribution in [0.4, 0.5) is 5.69 Å². The molecule has 0 radical (unpaired) electrons. The van der Waals surface area contributed by atoms with Crippen LogP contribution in [0.15, 0.2) is 91.0 Å². The number of benzene rings is 4. The van der Waals surface area contributed by atoms with Gasteiger partial charge in [-0.1, -0.05) is 78.9 Å². The summed E-state index contributed by atoms with van der Waals surface area (Å²) in [5, 5.41) is 15.2. The van der Waals surface area contributed by atoms with Crippen LogP contribution in [0.1, 0.15) is 22.4 Å². The van der Waals surface area contributed by atoms with Gasteiger partial charge in [0.2, 0.25) is 0 Å². The van der Waals surface area contributed by atoms with Gasteiger partial charge in [-0.2, -0.15) is 0 Å². The van der Waals surface area contributed by atoms with E-state index in [1.165, 1.54) is 0 Å². The van der Waals surface area contributed by atoms with Crippen LogP contribution in [0.2, 0.25) is 0 Å². The van der Waals surface area contributed by atoms with E-state index in [1.807, 2.05) is 79.7 Å². The SMILES string of the molecule is Cc1[nH]c2ccccc2c1C1(O)C(=O)N(Cc2cccc3ccccc23)c2ccccc21. The zero-order chi connectivity index (χ0) is 21.9. The Balaban J connectivity index is 1.54. The lowest BCUT2D eigenvalue weighted by atomic mass is 9.85. The summed E-state index contributed by atoms with van der Waals surface area (Å²) in [5.74, 6) is -0.320. The molecule has 0 fully saturated rings. The molecule has 1 aliphatic rings. The largest absolute Gasteiger partial charge is 0.372 e. The molecule has 4 nitrogen and oxygen atoms in total. The zero-order valence-electron chi connectivity index (χ0n) is 17.7. The number of anilines is 1. The average Bonchev–Trinajstić information content (AvgIpc) is 3.27. The number of carbonyl (C=O) groups is 1. The van der Waals surface area contributed by atoms with Gasteiger partial charge in [-0.3, -0.25) is 4.79 Å². The second kappa shape index (κ2) is 6.81. The predicted octanol–water partition coefficient (Wildman–Crippen LogP) is 5.41. The fourth-order valence-electron chi connectivity index (χ4n) is 5.18. The van der Waals surface area contributed by atoms with Crippen molar-refractivity contribution < 1.29 is 9.90 Å². The molecule has 0 saturated heterocycles. The van der Waals surface area contributed by atoms with E-state index in [0.29, 0.717) is 17.7 Å². The fraction of sp³-hybridized carbons (Fsp3) is 0.107. The number of aromatic amines is 1. The molecule has 1 amide bonds. The molecule has 0 saturated carbocycles. The molecule has 2 N–H and O–H groups in total. The van der Waals surface area contributed by atoms with E-state index in [0.717, 1.165) is 38.6 Å². The maximum absolute atomic E-state index is 14.0. The summed E-state index contributed by atoms with van der Waals surface area (Å²) in [4.78, 5) is 19.0. The van der Waals surface area contributed by atoms with Crippen LogP contribution in [0.5, 0.6) is 0 Å². The van der Waals surface area contributed by atoms with Crippen molar-refractivity contribution in [1.29, 1.82) is 0 Å². The Hall–Kier alpha value is -3.89. The van der Waals surface area contributed by atoms with Crippen LogP contribution in [-0.4, -0.2) is 16.0 Å². The van der Waals surface area contributed by atoms with E-state index in [-0.39, 0.29) is 5.91 Å². The van der Waals surface area contributed by atoms with Gasteiger partial charge in [0.1, 0.15) is 0 Å². The second-order valence-corrected chi connectivity index (χ2v) is 8.43. The zero-order valence-corrected chi connectivity index (χ0v) is 17.7. The van der Waals surface area contributed by atoms with Crippen LogP contribution in [0.3, 0.4) is 0 Å². The highest BCUT2D eigenvalue weighted by Gasteiger charge is 2.52. The number of amides is 1. The molecule has 32 heavy (non-hydrogen) atoms. The van der Waals surface area contributed by atoms with Crippen molar-refractivity contribution in [2.45, 2.75) is 19.1 Å². The number of carbonyl (C=O) groups excluding carboxylic acids is 1. The average molecular weight is 418 g/mol. The standard InChI is InChI=1S/C28H22N2O2/c1-18-26(22-13-4-6-15-24(22)29-18)28(32)23-14-5-7-16-25(23)30(27(28)31)17-20-11-8-10-19-9-2-3-12-21(19)20/h2-16,29,32H,17H2,1H3. The van der Waals surface area contributed by atoms with Gasteiger partial charge in [-0.25, -0.2) is 0 Å². The molecule has 5 aromatic rings. The topological polar surface area (TPSA) is 56.3 Å². The van der Waals surface area contributed by atoms with Crippen molar-refractivity contribution in [3.8, 4) is 0 Å². The number of nitrogens with one attached hydrogen (secondary N) is 1. The van der Waals surface area contributed by atoms with Crippen molar-refractivity contribution >= 4 is 33.3 Å². The van der Waals surface area contributed by atoms with Gasteiger partial charge in [0.05, 0.1) is 12.2 Å². The van der Waals surface area contributed by atoms with Gasteiger partial charge in [0.15, 0.2) is 5.60 Å². The van der Waals surface area contributed by atoms with Crippen molar-refractivity contribution in [2.75, 3.05) is 4.90 Å². The van der Waals surface area contributed by atoms with Gasteiger partial charge >= 0.3 is 0 Å². The monoisotopic (exact) mass is 418 g/mol. The third-order valence-corrected chi connectivity index (χ3v) is 6.60. The molecule has 0 spiro atoms. The van der Waals surface area contributed by atoms with Crippen molar-refractivity contribution in [3.05, 3.63) is 113 Å². The number of rotatable bonds is 3. The first kappa shape index (κ1) is 18.8.